The van der Waals surface area contributed by atoms with Gasteiger partial charge in [0.05, 0.1) is 23.8 Å². The van der Waals surface area contributed by atoms with Gasteiger partial charge in [-0.25, -0.2) is 8.78 Å². The quantitative estimate of drug-likeness (QED) is 0.310. The molecule has 1 atom stereocenters. The first kappa shape index (κ1) is 25.1. The van der Waals surface area contributed by atoms with Crippen LogP contribution in [0.4, 0.5) is 14.5 Å². The standard InChI is InChI=1S/C30H26F2N4O2/c1-19(33-2)29(37)34-26-14-15-27(20-6-8-22(31)9-7-20)36(30(26)38)18-21-4-3-5-28-25(21)16-17-35(28)24-12-10-23(32)11-13-24/h3-17,19,33H,18H2,1-2H3,(H,34,37)/t19-/m0/s1. The Hall–Kier alpha value is -4.56. The third kappa shape index (κ3) is 4.86. The zero-order chi connectivity index (χ0) is 26.8. The monoisotopic (exact) mass is 512 g/mol. The van der Waals surface area contributed by atoms with Crippen LogP contribution in [-0.4, -0.2) is 28.1 Å². The van der Waals surface area contributed by atoms with Crippen molar-refractivity contribution in [3.8, 4) is 16.9 Å². The molecule has 5 aromatic rings. The van der Waals surface area contributed by atoms with Crippen molar-refractivity contribution in [2.75, 3.05) is 12.4 Å². The molecule has 0 spiro atoms. The van der Waals surface area contributed by atoms with Crippen LogP contribution in [0, 0.1) is 11.6 Å². The van der Waals surface area contributed by atoms with E-state index in [9.17, 15) is 18.4 Å². The predicted molar refractivity (Wildman–Crippen MR) is 146 cm³/mol. The summed E-state index contributed by atoms with van der Waals surface area (Å²) in [5.41, 5.74) is 3.62. The van der Waals surface area contributed by atoms with Crippen molar-refractivity contribution in [2.45, 2.75) is 19.5 Å². The maximum Gasteiger partial charge on any atom is 0.275 e. The minimum absolute atomic E-state index is 0.152. The van der Waals surface area contributed by atoms with E-state index in [0.717, 1.165) is 22.2 Å². The van der Waals surface area contributed by atoms with Crippen molar-refractivity contribution in [1.29, 1.82) is 0 Å². The Morgan fingerprint density at radius 2 is 1.58 bits per heavy atom. The van der Waals surface area contributed by atoms with E-state index in [-0.39, 0.29) is 35.3 Å². The zero-order valence-electron chi connectivity index (χ0n) is 20.9. The van der Waals surface area contributed by atoms with E-state index in [4.69, 9.17) is 0 Å². The van der Waals surface area contributed by atoms with Gasteiger partial charge in [-0.15, -0.1) is 0 Å². The molecule has 0 bridgehead atoms. The number of hydrogen-bond acceptors (Lipinski definition) is 3. The number of hydrogen-bond donors (Lipinski definition) is 2. The summed E-state index contributed by atoms with van der Waals surface area (Å²) < 4.78 is 30.6. The van der Waals surface area contributed by atoms with Gasteiger partial charge in [-0.3, -0.25) is 9.59 Å². The van der Waals surface area contributed by atoms with Gasteiger partial charge < -0.3 is 19.8 Å². The van der Waals surface area contributed by atoms with Crippen molar-refractivity contribution >= 4 is 22.5 Å². The van der Waals surface area contributed by atoms with E-state index in [1.165, 1.54) is 24.3 Å². The van der Waals surface area contributed by atoms with Gasteiger partial charge >= 0.3 is 0 Å². The summed E-state index contributed by atoms with van der Waals surface area (Å²) in [4.78, 5) is 26.2. The second kappa shape index (κ2) is 10.4. The molecule has 6 nitrogen and oxygen atoms in total. The topological polar surface area (TPSA) is 68.1 Å². The zero-order valence-corrected chi connectivity index (χ0v) is 20.9. The number of likely N-dealkylation sites (N-methyl/N-ethyl adjacent to an activating group) is 1. The van der Waals surface area contributed by atoms with E-state index >= 15 is 0 Å². The number of carbonyl (C=O) groups excluding carboxylic acids is 1. The van der Waals surface area contributed by atoms with Crippen LogP contribution in [0.1, 0.15) is 12.5 Å². The number of aromatic nitrogens is 2. The molecule has 3 aromatic carbocycles. The molecule has 1 amide bonds. The van der Waals surface area contributed by atoms with Gasteiger partial charge in [0.15, 0.2) is 0 Å². The minimum atomic E-state index is -0.486. The lowest BCUT2D eigenvalue weighted by Crippen LogP contribution is -2.37. The van der Waals surface area contributed by atoms with Crippen molar-refractivity contribution in [3.05, 3.63) is 119 Å². The first-order chi connectivity index (χ1) is 18.4. The summed E-state index contributed by atoms with van der Waals surface area (Å²) in [5.74, 6) is -1.02. The third-order valence-electron chi connectivity index (χ3n) is 6.65. The lowest BCUT2D eigenvalue weighted by Gasteiger charge is -2.17. The molecule has 0 radical (unpaired) electrons. The van der Waals surface area contributed by atoms with Gasteiger partial charge in [0.2, 0.25) is 5.91 Å². The van der Waals surface area contributed by atoms with E-state index < -0.39 is 6.04 Å². The highest BCUT2D eigenvalue weighted by atomic mass is 19.1. The Balaban J connectivity index is 1.61. The van der Waals surface area contributed by atoms with Crippen LogP contribution in [0.2, 0.25) is 0 Å². The Morgan fingerprint density at radius 1 is 0.895 bits per heavy atom. The van der Waals surface area contributed by atoms with E-state index in [1.54, 1.807) is 54.9 Å². The number of benzene rings is 3. The Morgan fingerprint density at radius 3 is 2.26 bits per heavy atom. The molecule has 2 aromatic heterocycles. The second-order valence-electron chi connectivity index (χ2n) is 9.04. The fourth-order valence-corrected chi connectivity index (χ4v) is 4.44. The van der Waals surface area contributed by atoms with Crippen LogP contribution in [0.3, 0.4) is 0 Å². The predicted octanol–water partition coefficient (Wildman–Crippen LogP) is 5.33. The summed E-state index contributed by atoms with van der Waals surface area (Å²) in [6.45, 7) is 1.91. The van der Waals surface area contributed by atoms with Gasteiger partial charge in [-0.2, -0.15) is 0 Å². The molecule has 0 unspecified atom stereocenters. The van der Waals surface area contributed by atoms with E-state index in [2.05, 4.69) is 10.6 Å². The van der Waals surface area contributed by atoms with Crippen molar-refractivity contribution in [1.82, 2.24) is 14.5 Å². The molecule has 0 aliphatic rings. The molecular weight excluding hydrogens is 486 g/mol. The summed E-state index contributed by atoms with van der Waals surface area (Å²) in [6, 6.07) is 22.7. The maximum absolute atomic E-state index is 13.7. The molecule has 0 aliphatic heterocycles. The fourth-order valence-electron chi connectivity index (χ4n) is 4.44. The van der Waals surface area contributed by atoms with E-state index in [0.29, 0.717) is 11.3 Å². The molecule has 5 rings (SSSR count). The number of anilines is 1. The number of nitrogens with zero attached hydrogens (tertiary/aromatic N) is 2. The third-order valence-corrected chi connectivity index (χ3v) is 6.65. The van der Waals surface area contributed by atoms with E-state index in [1.807, 2.05) is 35.0 Å². The lowest BCUT2D eigenvalue weighted by molar-refractivity contribution is -0.117. The van der Waals surface area contributed by atoms with Gasteiger partial charge in [-0.1, -0.05) is 12.1 Å². The number of amides is 1. The summed E-state index contributed by atoms with van der Waals surface area (Å²) in [7, 11) is 1.67. The number of carbonyl (C=O) groups is 1. The molecule has 192 valence electrons. The highest BCUT2D eigenvalue weighted by molar-refractivity contribution is 5.94. The molecule has 8 heteroatoms. The highest BCUT2D eigenvalue weighted by Gasteiger charge is 2.17. The Kier molecular flexibility index (Phi) is 6.89. The van der Waals surface area contributed by atoms with Crippen molar-refractivity contribution < 1.29 is 13.6 Å². The molecule has 38 heavy (non-hydrogen) atoms. The number of rotatable bonds is 7. The first-order valence-electron chi connectivity index (χ1n) is 12.2. The SMILES string of the molecule is CN[C@@H](C)C(=O)Nc1ccc(-c2ccc(F)cc2)n(Cc2cccc3c2ccn3-c2ccc(F)cc2)c1=O. The molecule has 0 saturated carbocycles. The highest BCUT2D eigenvalue weighted by Crippen LogP contribution is 2.27. The van der Waals surface area contributed by atoms with Crippen LogP contribution < -0.4 is 16.2 Å². The smallest absolute Gasteiger partial charge is 0.275 e. The van der Waals surface area contributed by atoms with Gasteiger partial charge in [0.1, 0.15) is 17.3 Å². The van der Waals surface area contributed by atoms with Crippen LogP contribution in [-0.2, 0) is 11.3 Å². The second-order valence-corrected chi connectivity index (χ2v) is 9.04. The number of halogens is 2. The Labute approximate surface area is 218 Å². The van der Waals surface area contributed by atoms with Crippen LogP contribution >= 0.6 is 0 Å². The van der Waals surface area contributed by atoms with Crippen LogP contribution in [0.15, 0.2) is 95.9 Å². The largest absolute Gasteiger partial charge is 0.320 e. The van der Waals surface area contributed by atoms with Gasteiger partial charge in [0, 0.05) is 17.3 Å². The molecule has 2 heterocycles. The lowest BCUT2D eigenvalue weighted by atomic mass is 10.1. The average molecular weight is 513 g/mol. The van der Waals surface area contributed by atoms with Crippen molar-refractivity contribution in [3.63, 3.8) is 0 Å². The molecular formula is C30H26F2N4O2. The van der Waals surface area contributed by atoms with Crippen molar-refractivity contribution in [2.24, 2.45) is 0 Å². The summed E-state index contributed by atoms with van der Waals surface area (Å²) >= 11 is 0. The van der Waals surface area contributed by atoms with Crippen LogP contribution in [0.5, 0.6) is 0 Å². The van der Waals surface area contributed by atoms with Crippen LogP contribution in [0.25, 0.3) is 27.8 Å². The van der Waals surface area contributed by atoms with Gasteiger partial charge in [0.25, 0.3) is 5.56 Å². The number of pyridine rings is 1. The maximum atomic E-state index is 13.7. The molecule has 2 N–H and O–H groups in total. The number of fused-ring (bicyclic) bond motifs is 1. The average Bonchev–Trinajstić information content (AvgIpc) is 3.36. The molecule has 0 saturated heterocycles. The Bertz CT molecular complexity index is 1670. The van der Waals surface area contributed by atoms with Gasteiger partial charge in [-0.05, 0) is 97.9 Å². The molecule has 0 fully saturated rings. The first-order valence-corrected chi connectivity index (χ1v) is 12.2. The minimum Gasteiger partial charge on any atom is -0.320 e. The normalized spacial score (nSPS) is 12.0. The summed E-state index contributed by atoms with van der Waals surface area (Å²) in [5, 5.41) is 6.50. The fraction of sp³-hybridized carbons (Fsp3) is 0.133. The molecule has 0 aliphatic carbocycles. The number of nitrogens with one attached hydrogen (secondary N) is 2. The summed E-state index contributed by atoms with van der Waals surface area (Å²) in [6.07, 6.45) is 1.90.